The molecule has 0 aliphatic heterocycles. The average Bonchev–Trinajstić information content (AvgIpc) is 3.18. The van der Waals surface area contributed by atoms with Crippen LogP contribution < -0.4 is 0 Å². The molecule has 0 bridgehead atoms. The zero-order valence-corrected chi connectivity index (χ0v) is 38.3. The predicted octanol–water partition coefficient (Wildman–Crippen LogP) is 15.8. The molecule has 2 atom stereocenters. The van der Waals surface area contributed by atoms with Crippen LogP contribution in [0.3, 0.4) is 0 Å². The number of hydrogen-bond acceptors (Lipinski definition) is 6. The second kappa shape index (κ2) is 43.0. The van der Waals surface area contributed by atoms with Crippen molar-refractivity contribution in [3.8, 4) is 0 Å². The highest BCUT2D eigenvalue weighted by Gasteiger charge is 2.19. The topological polar surface area (TPSA) is 78.9 Å². The lowest BCUT2D eigenvalue weighted by atomic mass is 9.99. The summed E-state index contributed by atoms with van der Waals surface area (Å²) in [4.78, 5) is 37.8. The Hall–Kier alpha value is -1.59. The quantitative estimate of drug-likeness (QED) is 0.0347. The molecule has 0 aliphatic carbocycles. The molecule has 0 radical (unpaired) electrons. The first-order valence-electron chi connectivity index (χ1n) is 24.8. The highest BCUT2D eigenvalue weighted by atomic mass is 16.6. The zero-order valence-electron chi connectivity index (χ0n) is 38.3. The normalized spacial score (nSPS) is 12.5. The van der Waals surface area contributed by atoms with Crippen LogP contribution in [0.2, 0.25) is 0 Å². The number of rotatable bonds is 44. The number of unbranched alkanes of at least 4 members (excludes halogenated alkanes) is 28. The van der Waals surface area contributed by atoms with E-state index in [-0.39, 0.29) is 31.1 Å². The van der Waals surface area contributed by atoms with Crippen LogP contribution in [0.15, 0.2) is 0 Å². The molecule has 56 heavy (non-hydrogen) atoms. The van der Waals surface area contributed by atoms with Crippen molar-refractivity contribution in [2.24, 2.45) is 11.8 Å². The van der Waals surface area contributed by atoms with Crippen LogP contribution in [-0.2, 0) is 28.6 Å². The monoisotopic (exact) mass is 793 g/mol. The van der Waals surface area contributed by atoms with Crippen molar-refractivity contribution in [1.82, 2.24) is 0 Å². The SMILES string of the molecule is CCCCCCCCCCCCCCCCCCC(=O)OC[C@@H](COC(=O)CCCCCCCCCC(C)C)OC(=O)CCCCCCCCCCC(C)CC. The molecule has 0 N–H and O–H groups in total. The van der Waals surface area contributed by atoms with Gasteiger partial charge in [0.05, 0.1) is 0 Å². The first-order chi connectivity index (χ1) is 27.3. The van der Waals surface area contributed by atoms with E-state index in [1.807, 2.05) is 0 Å². The van der Waals surface area contributed by atoms with E-state index in [1.54, 1.807) is 0 Å². The number of carbonyl (C=O) groups excluding carboxylic acids is 3. The largest absolute Gasteiger partial charge is 0.462 e. The van der Waals surface area contributed by atoms with Crippen LogP contribution >= 0.6 is 0 Å². The van der Waals surface area contributed by atoms with Gasteiger partial charge in [-0.05, 0) is 31.1 Å². The van der Waals surface area contributed by atoms with Gasteiger partial charge < -0.3 is 14.2 Å². The zero-order chi connectivity index (χ0) is 41.2. The summed E-state index contributed by atoms with van der Waals surface area (Å²) >= 11 is 0. The molecule has 0 saturated heterocycles. The second-order valence-electron chi connectivity index (χ2n) is 17.8. The van der Waals surface area contributed by atoms with E-state index >= 15 is 0 Å². The van der Waals surface area contributed by atoms with Gasteiger partial charge in [0.15, 0.2) is 6.10 Å². The fourth-order valence-corrected chi connectivity index (χ4v) is 7.43. The predicted molar refractivity (Wildman–Crippen MR) is 238 cm³/mol. The molecule has 6 heteroatoms. The Balaban J connectivity index is 4.30. The van der Waals surface area contributed by atoms with Gasteiger partial charge >= 0.3 is 17.9 Å². The molecular weight excluding hydrogens is 697 g/mol. The Kier molecular flexibility index (Phi) is 41.8. The number of esters is 3. The first kappa shape index (κ1) is 54.4. The fourth-order valence-electron chi connectivity index (χ4n) is 7.43. The molecule has 0 aromatic heterocycles. The standard InChI is InChI=1S/C50H96O6/c1-6-8-9-10-11-12-13-14-15-16-17-18-19-25-30-35-40-48(51)54-43-47(44-55-49(52)41-36-31-27-22-23-28-33-38-45(3)4)56-50(53)42-37-32-26-21-20-24-29-34-39-46(5)7-2/h45-47H,6-44H2,1-5H3/t46?,47-/m0/s1. The summed E-state index contributed by atoms with van der Waals surface area (Å²) in [7, 11) is 0. The third kappa shape index (κ3) is 42.0. The summed E-state index contributed by atoms with van der Waals surface area (Å²) in [5.74, 6) is 0.770. The van der Waals surface area contributed by atoms with Crippen molar-refractivity contribution in [3.63, 3.8) is 0 Å². The molecule has 0 saturated carbocycles. The van der Waals surface area contributed by atoms with Crippen LogP contribution in [0.1, 0.15) is 272 Å². The van der Waals surface area contributed by atoms with Gasteiger partial charge in [-0.2, -0.15) is 0 Å². The molecular formula is C50H96O6. The lowest BCUT2D eigenvalue weighted by molar-refractivity contribution is -0.167. The summed E-state index contributed by atoms with van der Waals surface area (Å²) in [6, 6.07) is 0. The second-order valence-corrected chi connectivity index (χ2v) is 17.8. The van der Waals surface area contributed by atoms with Crippen LogP contribution in [0.5, 0.6) is 0 Å². The number of ether oxygens (including phenoxy) is 3. The fraction of sp³-hybridized carbons (Fsp3) is 0.940. The highest BCUT2D eigenvalue weighted by Crippen LogP contribution is 2.17. The van der Waals surface area contributed by atoms with Gasteiger partial charge in [-0.3, -0.25) is 14.4 Å². The Bertz CT molecular complexity index is 856. The third-order valence-electron chi connectivity index (χ3n) is 11.6. The minimum Gasteiger partial charge on any atom is -0.462 e. The first-order valence-corrected chi connectivity index (χ1v) is 24.8. The van der Waals surface area contributed by atoms with Crippen molar-refractivity contribution < 1.29 is 28.6 Å². The van der Waals surface area contributed by atoms with Gasteiger partial charge in [0, 0.05) is 19.3 Å². The maximum absolute atomic E-state index is 12.7. The van der Waals surface area contributed by atoms with Crippen molar-refractivity contribution in [3.05, 3.63) is 0 Å². The van der Waals surface area contributed by atoms with E-state index in [9.17, 15) is 14.4 Å². The summed E-state index contributed by atoms with van der Waals surface area (Å²) < 4.78 is 16.8. The molecule has 0 rings (SSSR count). The van der Waals surface area contributed by atoms with Gasteiger partial charge in [0.1, 0.15) is 13.2 Å². The molecule has 6 nitrogen and oxygen atoms in total. The molecule has 0 aromatic rings. The van der Waals surface area contributed by atoms with Crippen molar-refractivity contribution in [2.45, 2.75) is 278 Å². The minimum atomic E-state index is -0.762. The van der Waals surface area contributed by atoms with Gasteiger partial charge in [0.2, 0.25) is 0 Å². The Morgan fingerprint density at radius 2 is 0.679 bits per heavy atom. The minimum absolute atomic E-state index is 0.0649. The molecule has 0 heterocycles. The van der Waals surface area contributed by atoms with Gasteiger partial charge in [-0.15, -0.1) is 0 Å². The Labute approximate surface area is 348 Å². The summed E-state index contributed by atoms with van der Waals surface area (Å²) in [5.41, 5.74) is 0. The molecule has 0 amide bonds. The number of hydrogen-bond donors (Lipinski definition) is 0. The lowest BCUT2D eigenvalue weighted by Gasteiger charge is -2.18. The molecule has 0 spiro atoms. The Morgan fingerprint density at radius 3 is 1.02 bits per heavy atom. The third-order valence-corrected chi connectivity index (χ3v) is 11.6. The van der Waals surface area contributed by atoms with Crippen molar-refractivity contribution in [2.75, 3.05) is 13.2 Å². The maximum Gasteiger partial charge on any atom is 0.306 e. The average molecular weight is 793 g/mol. The van der Waals surface area contributed by atoms with E-state index in [4.69, 9.17) is 14.2 Å². The molecule has 1 unspecified atom stereocenters. The summed E-state index contributed by atoms with van der Waals surface area (Å²) in [5, 5.41) is 0. The number of carbonyl (C=O) groups is 3. The van der Waals surface area contributed by atoms with E-state index in [0.29, 0.717) is 19.3 Å². The van der Waals surface area contributed by atoms with Gasteiger partial charge in [-0.25, -0.2) is 0 Å². The van der Waals surface area contributed by atoms with Gasteiger partial charge in [0.25, 0.3) is 0 Å². The van der Waals surface area contributed by atoms with Crippen molar-refractivity contribution >= 4 is 17.9 Å². The van der Waals surface area contributed by atoms with Gasteiger partial charge in [-0.1, -0.05) is 234 Å². The maximum atomic E-state index is 12.7. The highest BCUT2D eigenvalue weighted by molar-refractivity contribution is 5.71. The van der Waals surface area contributed by atoms with E-state index in [0.717, 1.165) is 69.6 Å². The van der Waals surface area contributed by atoms with Crippen molar-refractivity contribution in [1.29, 1.82) is 0 Å². The summed E-state index contributed by atoms with van der Waals surface area (Å²) in [6.07, 6.45) is 42.3. The molecule has 0 aromatic carbocycles. The molecule has 332 valence electrons. The summed E-state index contributed by atoms with van der Waals surface area (Å²) in [6.45, 7) is 11.3. The smallest absolute Gasteiger partial charge is 0.306 e. The molecule has 0 aliphatic rings. The lowest BCUT2D eigenvalue weighted by Crippen LogP contribution is -2.30. The van der Waals surface area contributed by atoms with E-state index in [1.165, 1.54) is 161 Å². The Morgan fingerprint density at radius 1 is 0.375 bits per heavy atom. The van der Waals surface area contributed by atoms with Crippen LogP contribution in [0.25, 0.3) is 0 Å². The van der Waals surface area contributed by atoms with Crippen LogP contribution in [0, 0.1) is 11.8 Å². The van der Waals surface area contributed by atoms with Crippen LogP contribution in [0.4, 0.5) is 0 Å². The van der Waals surface area contributed by atoms with Crippen LogP contribution in [-0.4, -0.2) is 37.2 Å². The van der Waals surface area contributed by atoms with E-state index < -0.39 is 6.10 Å². The molecule has 0 fully saturated rings. The van der Waals surface area contributed by atoms with E-state index in [2.05, 4.69) is 34.6 Å².